The van der Waals surface area contributed by atoms with Gasteiger partial charge in [0.25, 0.3) is 5.91 Å². The van der Waals surface area contributed by atoms with Crippen molar-refractivity contribution in [3.63, 3.8) is 0 Å². The van der Waals surface area contributed by atoms with Crippen molar-refractivity contribution in [2.45, 2.75) is 20.3 Å². The maximum Gasteiger partial charge on any atom is 0.259 e. The maximum atomic E-state index is 13.4. The van der Waals surface area contributed by atoms with E-state index in [9.17, 15) is 9.59 Å². The van der Waals surface area contributed by atoms with Crippen LogP contribution in [0.2, 0.25) is 0 Å². The van der Waals surface area contributed by atoms with E-state index in [1.807, 2.05) is 80.6 Å². The second kappa shape index (κ2) is 9.75. The number of aromatic nitrogens is 2. The Bertz CT molecular complexity index is 1320. The number of hydrogen-bond donors (Lipinski definition) is 1. The summed E-state index contributed by atoms with van der Waals surface area (Å²) in [5.74, 6) is -0.211. The topological polar surface area (TPSA) is 67.2 Å². The van der Waals surface area contributed by atoms with E-state index in [4.69, 9.17) is 5.10 Å². The van der Waals surface area contributed by atoms with E-state index in [0.29, 0.717) is 23.4 Å². The summed E-state index contributed by atoms with van der Waals surface area (Å²) in [6.07, 6.45) is 2.09. The van der Waals surface area contributed by atoms with Crippen LogP contribution in [0.25, 0.3) is 16.9 Å². The van der Waals surface area contributed by atoms with Gasteiger partial charge in [0, 0.05) is 31.5 Å². The third-order valence-corrected chi connectivity index (χ3v) is 5.68. The second-order valence-corrected chi connectivity index (χ2v) is 8.61. The number of para-hydroxylation sites is 1. The van der Waals surface area contributed by atoms with Gasteiger partial charge in [-0.05, 0) is 49.2 Å². The summed E-state index contributed by atoms with van der Waals surface area (Å²) < 4.78 is 1.74. The van der Waals surface area contributed by atoms with Crippen LogP contribution in [0.1, 0.15) is 27.0 Å². The number of likely N-dealkylation sites (N-methyl/N-ethyl adjacent to an activating group) is 1. The molecule has 1 N–H and O–H groups in total. The number of aryl methyl sites for hydroxylation is 2. The van der Waals surface area contributed by atoms with Crippen LogP contribution >= 0.6 is 0 Å². The van der Waals surface area contributed by atoms with Crippen molar-refractivity contribution >= 4 is 17.5 Å². The number of hydrogen-bond acceptors (Lipinski definition) is 3. The lowest BCUT2D eigenvalue weighted by atomic mass is 10.0. The highest BCUT2D eigenvalue weighted by Gasteiger charge is 2.20. The highest BCUT2D eigenvalue weighted by atomic mass is 16.2. The lowest BCUT2D eigenvalue weighted by molar-refractivity contribution is -0.127. The van der Waals surface area contributed by atoms with Crippen molar-refractivity contribution in [1.29, 1.82) is 0 Å². The van der Waals surface area contributed by atoms with Crippen molar-refractivity contribution in [1.82, 2.24) is 14.7 Å². The van der Waals surface area contributed by atoms with Gasteiger partial charge in [-0.15, -0.1) is 0 Å². The standard InChI is InChI=1S/C28H28N4O2/c1-19-10-15-24(20(2)16-19)27-25(18-32(30-27)23-8-6-5-7-9-23)28(34)29-22-13-11-21(12-14-22)17-26(33)31(3)4/h5-16,18H,17H2,1-4H3,(H,29,34). The van der Waals surface area contributed by atoms with Gasteiger partial charge in [-0.2, -0.15) is 5.10 Å². The van der Waals surface area contributed by atoms with Gasteiger partial charge < -0.3 is 10.2 Å². The zero-order valence-electron chi connectivity index (χ0n) is 19.9. The molecular weight excluding hydrogens is 424 g/mol. The smallest absolute Gasteiger partial charge is 0.259 e. The van der Waals surface area contributed by atoms with Gasteiger partial charge >= 0.3 is 0 Å². The van der Waals surface area contributed by atoms with E-state index in [2.05, 4.69) is 11.4 Å². The van der Waals surface area contributed by atoms with Gasteiger partial charge in [-0.25, -0.2) is 4.68 Å². The number of amides is 2. The van der Waals surface area contributed by atoms with Crippen LogP contribution in [0.4, 0.5) is 5.69 Å². The van der Waals surface area contributed by atoms with E-state index in [-0.39, 0.29) is 11.8 Å². The molecule has 0 atom stereocenters. The maximum absolute atomic E-state index is 13.4. The Balaban J connectivity index is 1.65. The predicted octanol–water partition coefficient (Wildman–Crippen LogP) is 5.04. The average molecular weight is 453 g/mol. The normalized spacial score (nSPS) is 10.7. The number of carbonyl (C=O) groups is 2. The molecule has 0 aliphatic rings. The fraction of sp³-hybridized carbons (Fsp3) is 0.179. The van der Waals surface area contributed by atoms with Crippen LogP contribution < -0.4 is 5.32 Å². The quantitative estimate of drug-likeness (QED) is 0.446. The van der Waals surface area contributed by atoms with Crippen molar-refractivity contribution < 1.29 is 9.59 Å². The van der Waals surface area contributed by atoms with E-state index in [1.165, 1.54) is 0 Å². The molecule has 0 aliphatic carbocycles. The minimum atomic E-state index is -0.241. The lowest BCUT2D eigenvalue weighted by Gasteiger charge is -2.11. The monoisotopic (exact) mass is 452 g/mol. The molecule has 0 aliphatic heterocycles. The predicted molar refractivity (Wildman–Crippen MR) is 135 cm³/mol. The zero-order chi connectivity index (χ0) is 24.2. The van der Waals surface area contributed by atoms with Gasteiger partial charge in [-0.3, -0.25) is 9.59 Å². The van der Waals surface area contributed by atoms with Crippen molar-refractivity contribution in [2.24, 2.45) is 0 Å². The van der Waals surface area contributed by atoms with E-state index in [1.54, 1.807) is 29.9 Å². The molecule has 6 heteroatoms. The van der Waals surface area contributed by atoms with Crippen LogP contribution in [-0.4, -0.2) is 40.6 Å². The van der Waals surface area contributed by atoms with Gasteiger partial charge in [-0.1, -0.05) is 54.1 Å². The first-order valence-electron chi connectivity index (χ1n) is 11.1. The number of nitrogens with one attached hydrogen (secondary N) is 1. The third kappa shape index (κ3) is 5.07. The molecule has 0 saturated carbocycles. The Morgan fingerprint density at radius 2 is 1.65 bits per heavy atom. The minimum absolute atomic E-state index is 0.0308. The molecule has 3 aromatic carbocycles. The molecule has 34 heavy (non-hydrogen) atoms. The SMILES string of the molecule is Cc1ccc(-c2nn(-c3ccccc3)cc2C(=O)Nc2ccc(CC(=O)N(C)C)cc2)c(C)c1. The van der Waals surface area contributed by atoms with Crippen LogP contribution in [-0.2, 0) is 11.2 Å². The largest absolute Gasteiger partial charge is 0.349 e. The van der Waals surface area contributed by atoms with Crippen LogP contribution in [0.3, 0.4) is 0 Å². The van der Waals surface area contributed by atoms with Crippen LogP contribution in [0.5, 0.6) is 0 Å². The first-order valence-corrected chi connectivity index (χ1v) is 11.1. The number of rotatable bonds is 6. The molecular formula is C28H28N4O2. The molecule has 0 saturated heterocycles. The molecule has 4 rings (SSSR count). The highest BCUT2D eigenvalue weighted by Crippen LogP contribution is 2.28. The summed E-state index contributed by atoms with van der Waals surface area (Å²) >= 11 is 0. The van der Waals surface area contributed by atoms with Crippen LogP contribution in [0.15, 0.2) is 79.0 Å². The summed E-state index contributed by atoms with van der Waals surface area (Å²) in [7, 11) is 3.47. The second-order valence-electron chi connectivity index (χ2n) is 8.61. The van der Waals surface area contributed by atoms with E-state index < -0.39 is 0 Å². The third-order valence-electron chi connectivity index (χ3n) is 5.68. The molecule has 6 nitrogen and oxygen atoms in total. The average Bonchev–Trinajstić information content (AvgIpc) is 3.26. The van der Waals surface area contributed by atoms with Gasteiger partial charge in [0.15, 0.2) is 0 Å². The molecule has 2 amide bonds. The Kier molecular flexibility index (Phi) is 6.59. The van der Waals surface area contributed by atoms with Crippen LogP contribution in [0, 0.1) is 13.8 Å². The Morgan fingerprint density at radius 1 is 0.941 bits per heavy atom. The van der Waals surface area contributed by atoms with Gasteiger partial charge in [0.1, 0.15) is 5.69 Å². The Morgan fingerprint density at radius 3 is 2.29 bits per heavy atom. The number of anilines is 1. The highest BCUT2D eigenvalue weighted by molar-refractivity contribution is 6.08. The van der Waals surface area contributed by atoms with Crippen molar-refractivity contribution in [3.8, 4) is 16.9 Å². The zero-order valence-corrected chi connectivity index (χ0v) is 19.9. The summed E-state index contributed by atoms with van der Waals surface area (Å²) in [5.41, 5.74) is 6.68. The molecule has 172 valence electrons. The minimum Gasteiger partial charge on any atom is -0.349 e. The molecule has 1 heterocycles. The fourth-order valence-corrected chi connectivity index (χ4v) is 3.77. The fourth-order valence-electron chi connectivity index (χ4n) is 3.77. The molecule has 0 bridgehead atoms. The molecule has 0 radical (unpaired) electrons. The molecule has 4 aromatic rings. The lowest BCUT2D eigenvalue weighted by Crippen LogP contribution is -2.23. The number of benzene rings is 3. The molecule has 0 unspecified atom stereocenters. The number of nitrogens with zero attached hydrogens (tertiary/aromatic N) is 3. The Hall–Kier alpha value is -4.19. The summed E-state index contributed by atoms with van der Waals surface area (Å²) in [5, 5.41) is 7.76. The summed E-state index contributed by atoms with van der Waals surface area (Å²) in [4.78, 5) is 26.9. The van der Waals surface area contributed by atoms with Gasteiger partial charge in [0.2, 0.25) is 5.91 Å². The molecule has 0 spiro atoms. The van der Waals surface area contributed by atoms with Crippen molar-refractivity contribution in [3.05, 3.63) is 101 Å². The van der Waals surface area contributed by atoms with E-state index >= 15 is 0 Å². The summed E-state index contributed by atoms with van der Waals surface area (Å²) in [6, 6.07) is 23.2. The summed E-state index contributed by atoms with van der Waals surface area (Å²) in [6.45, 7) is 4.07. The number of carbonyl (C=O) groups excluding carboxylic acids is 2. The van der Waals surface area contributed by atoms with Crippen molar-refractivity contribution in [2.75, 3.05) is 19.4 Å². The van der Waals surface area contributed by atoms with Gasteiger partial charge in [0.05, 0.1) is 17.7 Å². The molecule has 0 fully saturated rings. The molecule has 1 aromatic heterocycles. The first kappa shape index (κ1) is 23.0. The van der Waals surface area contributed by atoms with E-state index in [0.717, 1.165) is 27.9 Å². The first-order chi connectivity index (χ1) is 16.3. The Labute approximate surface area is 199 Å².